The number of hydrogen-bond donors (Lipinski definition) is 0. The summed E-state index contributed by atoms with van der Waals surface area (Å²) in [5.41, 5.74) is -0.894. The number of rotatable bonds is 3. The molecule has 0 N–H and O–H groups in total. The molecule has 0 atom stereocenters. The molecule has 0 radical (unpaired) electrons. The van der Waals surface area contributed by atoms with Gasteiger partial charge in [-0.05, 0) is 6.42 Å². The summed E-state index contributed by atoms with van der Waals surface area (Å²) >= 11 is 0. The molecule has 11 heavy (non-hydrogen) atoms. The molecule has 0 unspecified atom stereocenters. The lowest BCUT2D eigenvalue weighted by Crippen LogP contribution is -2.03. The average Bonchev–Trinajstić information content (AvgIpc) is 1.98. The molecule has 0 fully saturated rings. The van der Waals surface area contributed by atoms with Crippen LogP contribution in [-0.4, -0.2) is 5.97 Å². The molecule has 0 heterocycles. The van der Waals surface area contributed by atoms with Crippen molar-refractivity contribution in [1.29, 1.82) is 0 Å². The maximum atomic E-state index is 11.7. The van der Waals surface area contributed by atoms with E-state index in [0.717, 1.165) is 0 Å². The molecule has 0 aromatic rings. The fourth-order valence-electron chi connectivity index (χ4n) is 0.570. The second kappa shape index (κ2) is 4.76. The smallest absolute Gasteiger partial charge is 0.250 e. The quantitative estimate of drug-likeness (QED) is 0.604. The summed E-state index contributed by atoms with van der Waals surface area (Å²) in [6, 6.07) is 0. The van der Waals surface area contributed by atoms with Crippen molar-refractivity contribution in [3.63, 3.8) is 0 Å². The fraction of sp³-hybridized carbons (Fsp3) is 0.500. The molecule has 0 aromatic carbocycles. The number of halogens is 3. The highest BCUT2D eigenvalue weighted by molar-refractivity contribution is 5.88. The zero-order valence-corrected chi connectivity index (χ0v) is 5.86. The van der Waals surface area contributed by atoms with Crippen molar-refractivity contribution in [1.82, 2.24) is 0 Å². The van der Waals surface area contributed by atoms with Crippen molar-refractivity contribution in [2.45, 2.75) is 19.8 Å². The normalized spacial score (nSPS) is 9.09. The van der Waals surface area contributed by atoms with Crippen molar-refractivity contribution >= 4 is 5.97 Å². The third-order valence-electron chi connectivity index (χ3n) is 1.04. The van der Waals surface area contributed by atoms with Crippen LogP contribution in [0.15, 0.2) is 11.7 Å². The molecule has 0 aliphatic heterocycles. The van der Waals surface area contributed by atoms with Crippen molar-refractivity contribution in [2.24, 2.45) is 0 Å². The molecule has 64 valence electrons. The van der Waals surface area contributed by atoms with Crippen LogP contribution >= 0.6 is 0 Å². The van der Waals surface area contributed by atoms with Crippen LogP contribution in [0.5, 0.6) is 0 Å². The predicted octanol–water partition coefficient (Wildman–Crippen LogP) is 2.36. The van der Waals surface area contributed by atoms with E-state index in [0.29, 0.717) is 6.42 Å². The second-order valence-electron chi connectivity index (χ2n) is 1.85. The Bertz CT molecular complexity index is 173. The van der Waals surface area contributed by atoms with Crippen molar-refractivity contribution in [3.8, 4) is 0 Å². The Labute approximate surface area is 61.5 Å². The van der Waals surface area contributed by atoms with Gasteiger partial charge in [0.2, 0.25) is 0 Å². The van der Waals surface area contributed by atoms with Gasteiger partial charge in [-0.15, -0.1) is 0 Å². The Morgan fingerprint density at radius 3 is 2.27 bits per heavy atom. The SMILES string of the molecule is CCCC(C(=O)OF)=C(F)F. The largest absolute Gasteiger partial charge is 0.380 e. The van der Waals surface area contributed by atoms with E-state index in [1.807, 2.05) is 0 Å². The van der Waals surface area contributed by atoms with E-state index in [1.165, 1.54) is 0 Å². The molecule has 0 rings (SSSR count). The molecular weight excluding hydrogens is 161 g/mol. The van der Waals surface area contributed by atoms with E-state index in [4.69, 9.17) is 0 Å². The van der Waals surface area contributed by atoms with Crippen molar-refractivity contribution in [2.75, 3.05) is 0 Å². The van der Waals surface area contributed by atoms with E-state index in [2.05, 4.69) is 4.94 Å². The Hall–Kier alpha value is -1.00. The van der Waals surface area contributed by atoms with E-state index < -0.39 is 17.6 Å². The molecule has 2 nitrogen and oxygen atoms in total. The summed E-state index contributed by atoms with van der Waals surface area (Å²) in [7, 11) is 0. The first kappa shape index (κ1) is 10.0. The summed E-state index contributed by atoms with van der Waals surface area (Å²) in [5.74, 6) is -1.60. The molecule has 0 saturated carbocycles. The molecule has 0 spiro atoms. The van der Waals surface area contributed by atoms with E-state index in [1.54, 1.807) is 6.92 Å². The van der Waals surface area contributed by atoms with E-state index in [9.17, 15) is 18.1 Å². The third-order valence-corrected chi connectivity index (χ3v) is 1.04. The van der Waals surface area contributed by atoms with Crippen LogP contribution in [0.25, 0.3) is 0 Å². The Morgan fingerprint density at radius 1 is 1.45 bits per heavy atom. The van der Waals surface area contributed by atoms with Gasteiger partial charge in [0.25, 0.3) is 6.08 Å². The summed E-state index contributed by atoms with van der Waals surface area (Å²) in [5, 5.41) is 0. The lowest BCUT2D eigenvalue weighted by atomic mass is 10.2. The minimum absolute atomic E-state index is 0.176. The van der Waals surface area contributed by atoms with Gasteiger partial charge in [-0.2, -0.15) is 8.78 Å². The highest BCUT2D eigenvalue weighted by atomic mass is 19.3. The standard InChI is InChI=1S/C6H7F3O2/c1-2-3-4(5(7)8)6(10)11-9/h2-3H2,1H3. The van der Waals surface area contributed by atoms with Crippen LogP contribution < -0.4 is 0 Å². The van der Waals surface area contributed by atoms with Gasteiger partial charge in [0.05, 0.1) is 0 Å². The van der Waals surface area contributed by atoms with Gasteiger partial charge < -0.3 is 0 Å². The van der Waals surface area contributed by atoms with Crippen LogP contribution in [0.3, 0.4) is 0 Å². The number of carbonyl (C=O) groups is 1. The summed E-state index contributed by atoms with van der Waals surface area (Å²) in [4.78, 5) is 12.9. The van der Waals surface area contributed by atoms with Crippen molar-refractivity contribution < 1.29 is 23.0 Å². The minimum atomic E-state index is -2.19. The van der Waals surface area contributed by atoms with Crippen molar-refractivity contribution in [3.05, 3.63) is 11.7 Å². The van der Waals surface area contributed by atoms with Crippen LogP contribution in [0.1, 0.15) is 19.8 Å². The van der Waals surface area contributed by atoms with Crippen LogP contribution in [-0.2, 0) is 9.74 Å². The van der Waals surface area contributed by atoms with Gasteiger partial charge in [-0.3, -0.25) is 0 Å². The Kier molecular flexibility index (Phi) is 4.33. The lowest BCUT2D eigenvalue weighted by molar-refractivity contribution is -0.178. The Morgan fingerprint density at radius 2 is 2.00 bits per heavy atom. The monoisotopic (exact) mass is 168 g/mol. The van der Waals surface area contributed by atoms with E-state index >= 15 is 0 Å². The third kappa shape index (κ3) is 3.06. The lowest BCUT2D eigenvalue weighted by Gasteiger charge is -1.96. The zero-order chi connectivity index (χ0) is 8.85. The Balaban J connectivity index is 4.36. The molecule has 0 amide bonds. The molecule has 0 saturated heterocycles. The molecule has 0 aromatic heterocycles. The van der Waals surface area contributed by atoms with Gasteiger partial charge >= 0.3 is 5.97 Å². The molecule has 0 aliphatic rings. The summed E-state index contributed by atoms with van der Waals surface area (Å²) in [6.07, 6.45) is -2.03. The van der Waals surface area contributed by atoms with Gasteiger partial charge in [-0.1, -0.05) is 13.3 Å². The topological polar surface area (TPSA) is 26.3 Å². The first-order valence-corrected chi connectivity index (χ1v) is 3.00. The molecule has 0 aliphatic carbocycles. The number of hydrogen-bond acceptors (Lipinski definition) is 2. The first-order chi connectivity index (χ1) is 5.13. The highest BCUT2D eigenvalue weighted by Gasteiger charge is 2.17. The van der Waals surface area contributed by atoms with Crippen LogP contribution in [0.2, 0.25) is 0 Å². The summed E-state index contributed by atoms with van der Waals surface area (Å²) < 4.78 is 34.6. The van der Waals surface area contributed by atoms with Gasteiger partial charge in [0.15, 0.2) is 0 Å². The van der Waals surface area contributed by atoms with Gasteiger partial charge in [0, 0.05) is 4.53 Å². The fourth-order valence-corrected chi connectivity index (χ4v) is 0.570. The van der Waals surface area contributed by atoms with E-state index in [-0.39, 0.29) is 6.42 Å². The summed E-state index contributed by atoms with van der Waals surface area (Å²) in [6.45, 7) is 1.59. The minimum Gasteiger partial charge on any atom is -0.250 e. The first-order valence-electron chi connectivity index (χ1n) is 3.00. The second-order valence-corrected chi connectivity index (χ2v) is 1.85. The molecule has 5 heteroatoms. The maximum Gasteiger partial charge on any atom is 0.380 e. The van der Waals surface area contributed by atoms with Gasteiger partial charge in [0.1, 0.15) is 5.57 Å². The van der Waals surface area contributed by atoms with Gasteiger partial charge in [-0.25, -0.2) is 9.74 Å². The number of carbonyl (C=O) groups excluding carboxylic acids is 1. The zero-order valence-electron chi connectivity index (χ0n) is 5.86. The molecule has 0 bridgehead atoms. The van der Waals surface area contributed by atoms with Crippen LogP contribution in [0.4, 0.5) is 13.3 Å². The predicted molar refractivity (Wildman–Crippen MR) is 31.3 cm³/mol. The average molecular weight is 168 g/mol. The highest BCUT2D eigenvalue weighted by Crippen LogP contribution is 2.15. The molecular formula is C6H7F3O2. The maximum absolute atomic E-state index is 11.7. The van der Waals surface area contributed by atoms with Crippen LogP contribution in [0, 0.1) is 0 Å².